The highest BCUT2D eigenvalue weighted by Crippen LogP contribution is 2.41. The highest BCUT2D eigenvalue weighted by atomic mass is 19.1. The zero-order valence-corrected chi connectivity index (χ0v) is 22.1. The SMILES string of the molecule is O=C(c1nc2n(n1)[C@@H](c1cncc(F)c1)C[C@H]2F)C1CC1.O=C(c1nc2n(n1)[C@H](c1cncc(F)c1)C[C@@H]2F)C1CC1. The van der Waals surface area contributed by atoms with Gasteiger partial charge in [0.05, 0.1) is 24.5 Å². The van der Waals surface area contributed by atoms with Gasteiger partial charge in [-0.25, -0.2) is 36.9 Å². The molecule has 0 aromatic carbocycles. The van der Waals surface area contributed by atoms with Crippen LogP contribution in [0.3, 0.4) is 0 Å². The molecule has 4 aromatic rings. The molecule has 0 amide bonds. The molecule has 4 aromatic heterocycles. The fourth-order valence-electron chi connectivity index (χ4n) is 5.40. The van der Waals surface area contributed by atoms with Gasteiger partial charge in [-0.3, -0.25) is 19.6 Å². The molecule has 0 radical (unpaired) electrons. The third-order valence-electron chi connectivity index (χ3n) is 7.89. The molecule has 4 aliphatic rings. The van der Waals surface area contributed by atoms with Crippen molar-refractivity contribution in [2.75, 3.05) is 0 Å². The van der Waals surface area contributed by atoms with Crippen LogP contribution in [0.2, 0.25) is 0 Å². The number of alkyl halides is 2. The molecule has 8 rings (SSSR count). The van der Waals surface area contributed by atoms with E-state index in [0.717, 1.165) is 38.1 Å². The number of hydrogen-bond acceptors (Lipinski definition) is 8. The highest BCUT2D eigenvalue weighted by molar-refractivity contribution is 5.96. The Labute approximate surface area is 236 Å². The van der Waals surface area contributed by atoms with Crippen LogP contribution in [-0.4, -0.2) is 51.1 Å². The van der Waals surface area contributed by atoms with Gasteiger partial charge in [0.1, 0.15) is 11.6 Å². The summed E-state index contributed by atoms with van der Waals surface area (Å²) in [4.78, 5) is 39.6. The second kappa shape index (κ2) is 10.2. The van der Waals surface area contributed by atoms with Crippen molar-refractivity contribution in [3.05, 3.63) is 83.0 Å². The summed E-state index contributed by atoms with van der Waals surface area (Å²) in [5, 5.41) is 8.31. The standard InChI is InChI=1S/2C14H12F2N4O/c2*15-9-3-8(5-17-6-9)11-4-10(16)14-18-13(19-20(11)14)12(21)7-1-2-7/h2*3,5-7,10-11H,1-2,4H2/t2*10-,11-/m10/s1. The third kappa shape index (κ3) is 4.88. The van der Waals surface area contributed by atoms with Crippen LogP contribution < -0.4 is 0 Å². The topological polar surface area (TPSA) is 121 Å². The molecule has 0 bridgehead atoms. The largest absolute Gasteiger partial charge is 0.290 e. The van der Waals surface area contributed by atoms with E-state index in [1.165, 1.54) is 33.9 Å². The van der Waals surface area contributed by atoms with Gasteiger partial charge in [-0.05, 0) is 48.9 Å². The van der Waals surface area contributed by atoms with Gasteiger partial charge >= 0.3 is 0 Å². The lowest BCUT2D eigenvalue weighted by Crippen LogP contribution is -2.11. The first kappa shape index (κ1) is 26.5. The van der Waals surface area contributed by atoms with E-state index in [4.69, 9.17) is 0 Å². The van der Waals surface area contributed by atoms with E-state index < -0.39 is 36.1 Å². The number of carbonyl (C=O) groups excluding carboxylic acids is 2. The van der Waals surface area contributed by atoms with Gasteiger partial charge in [0.25, 0.3) is 0 Å². The Balaban J connectivity index is 0.000000137. The molecule has 216 valence electrons. The molecule has 2 saturated carbocycles. The molecule has 0 N–H and O–H groups in total. The fraction of sp³-hybridized carbons (Fsp3) is 0.429. The number of nitrogens with zero attached hydrogens (tertiary/aromatic N) is 8. The number of rotatable bonds is 6. The van der Waals surface area contributed by atoms with Crippen LogP contribution in [0.25, 0.3) is 0 Å². The molecule has 0 saturated heterocycles. The Morgan fingerprint density at radius 2 is 1.07 bits per heavy atom. The van der Waals surface area contributed by atoms with E-state index in [9.17, 15) is 27.2 Å². The lowest BCUT2D eigenvalue weighted by molar-refractivity contribution is 0.0949. The zero-order chi connectivity index (χ0) is 29.1. The van der Waals surface area contributed by atoms with Crippen LogP contribution in [0, 0.1) is 23.5 Å². The van der Waals surface area contributed by atoms with Crippen molar-refractivity contribution in [2.45, 2.75) is 63.0 Å². The van der Waals surface area contributed by atoms with Crippen LogP contribution in [-0.2, 0) is 0 Å². The first-order chi connectivity index (χ1) is 20.3. The Morgan fingerprint density at radius 1 is 0.667 bits per heavy atom. The average Bonchev–Trinajstić information content (AvgIpc) is 3.86. The van der Waals surface area contributed by atoms with Gasteiger partial charge in [-0.2, -0.15) is 0 Å². The van der Waals surface area contributed by atoms with Crippen molar-refractivity contribution in [1.82, 2.24) is 39.5 Å². The summed E-state index contributed by atoms with van der Waals surface area (Å²) >= 11 is 0. The second-order valence-corrected chi connectivity index (χ2v) is 11.1. The van der Waals surface area contributed by atoms with Crippen LogP contribution in [0.1, 0.15) is 107 Å². The first-order valence-electron chi connectivity index (χ1n) is 13.8. The number of ketones is 2. The number of carbonyl (C=O) groups is 2. The van der Waals surface area contributed by atoms with E-state index in [2.05, 4.69) is 30.1 Å². The van der Waals surface area contributed by atoms with Crippen molar-refractivity contribution in [3.63, 3.8) is 0 Å². The summed E-state index contributed by atoms with van der Waals surface area (Å²) in [5.74, 6) is -0.798. The second-order valence-electron chi connectivity index (χ2n) is 11.1. The molecule has 6 heterocycles. The summed E-state index contributed by atoms with van der Waals surface area (Å²) < 4.78 is 57.6. The Bertz CT molecular complexity index is 1570. The molecule has 2 aliphatic heterocycles. The van der Waals surface area contributed by atoms with E-state index in [1.807, 2.05) is 0 Å². The third-order valence-corrected chi connectivity index (χ3v) is 7.89. The van der Waals surface area contributed by atoms with Crippen LogP contribution in [0.4, 0.5) is 17.6 Å². The van der Waals surface area contributed by atoms with Crippen molar-refractivity contribution >= 4 is 11.6 Å². The van der Waals surface area contributed by atoms with E-state index in [1.54, 1.807) is 0 Å². The summed E-state index contributed by atoms with van der Waals surface area (Å²) in [6, 6.07) is 1.69. The first-order valence-corrected chi connectivity index (χ1v) is 13.8. The quantitative estimate of drug-likeness (QED) is 0.235. The number of fused-ring (bicyclic) bond motifs is 2. The molecule has 10 nitrogen and oxygen atoms in total. The van der Waals surface area contributed by atoms with Crippen molar-refractivity contribution < 1.29 is 27.2 Å². The summed E-state index contributed by atoms with van der Waals surface area (Å²) in [6.07, 6.45) is 6.22. The summed E-state index contributed by atoms with van der Waals surface area (Å²) in [6.45, 7) is 0. The number of hydrogen-bond donors (Lipinski definition) is 0. The Morgan fingerprint density at radius 3 is 1.43 bits per heavy atom. The lowest BCUT2D eigenvalue weighted by Gasteiger charge is -2.11. The maximum absolute atomic E-state index is 14.1. The number of halogens is 4. The molecule has 14 heteroatoms. The van der Waals surface area contributed by atoms with Gasteiger partial charge in [0.15, 0.2) is 24.0 Å². The molecular weight excluding hydrogens is 556 g/mol. The highest BCUT2D eigenvalue weighted by Gasteiger charge is 2.41. The lowest BCUT2D eigenvalue weighted by atomic mass is 10.1. The van der Waals surface area contributed by atoms with E-state index in [-0.39, 0.29) is 59.5 Å². The summed E-state index contributed by atoms with van der Waals surface area (Å²) in [7, 11) is 0. The molecule has 2 fully saturated rings. The maximum Gasteiger partial charge on any atom is 0.217 e. The fourth-order valence-corrected chi connectivity index (χ4v) is 5.40. The minimum absolute atomic E-state index is 0.0134. The Kier molecular flexibility index (Phi) is 6.43. The zero-order valence-electron chi connectivity index (χ0n) is 22.1. The van der Waals surface area contributed by atoms with Gasteiger partial charge in [-0.15, -0.1) is 10.2 Å². The van der Waals surface area contributed by atoms with Crippen molar-refractivity contribution in [3.8, 4) is 0 Å². The predicted molar refractivity (Wildman–Crippen MR) is 136 cm³/mol. The molecule has 2 aliphatic carbocycles. The van der Waals surface area contributed by atoms with Crippen molar-refractivity contribution in [1.29, 1.82) is 0 Å². The van der Waals surface area contributed by atoms with E-state index in [0.29, 0.717) is 11.1 Å². The number of aromatic nitrogens is 8. The number of Topliss-reactive ketones (excluding diaryl/α,β-unsaturated/α-hetero) is 2. The normalized spacial score (nSPS) is 24.1. The molecule has 0 unspecified atom stereocenters. The summed E-state index contributed by atoms with van der Waals surface area (Å²) in [5.41, 5.74) is 1.07. The maximum atomic E-state index is 14.1. The molecular formula is C28H24F4N8O2. The smallest absolute Gasteiger partial charge is 0.217 e. The van der Waals surface area contributed by atoms with Crippen LogP contribution in [0.5, 0.6) is 0 Å². The molecule has 0 spiro atoms. The number of pyridine rings is 2. The van der Waals surface area contributed by atoms with Gasteiger partial charge in [0.2, 0.25) is 23.2 Å². The van der Waals surface area contributed by atoms with Crippen LogP contribution >= 0.6 is 0 Å². The van der Waals surface area contributed by atoms with Gasteiger partial charge in [0, 0.05) is 37.1 Å². The minimum atomic E-state index is -1.30. The van der Waals surface area contributed by atoms with Crippen LogP contribution in [0.15, 0.2) is 36.9 Å². The monoisotopic (exact) mass is 580 g/mol. The minimum Gasteiger partial charge on any atom is -0.290 e. The molecule has 42 heavy (non-hydrogen) atoms. The van der Waals surface area contributed by atoms with E-state index >= 15 is 0 Å². The molecule has 4 atom stereocenters. The Hall–Kier alpha value is -4.36. The van der Waals surface area contributed by atoms with Gasteiger partial charge in [-0.1, -0.05) is 0 Å². The predicted octanol–water partition coefficient (Wildman–Crippen LogP) is 4.82. The van der Waals surface area contributed by atoms with Crippen molar-refractivity contribution in [2.24, 2.45) is 11.8 Å². The average molecular weight is 581 g/mol. The van der Waals surface area contributed by atoms with Gasteiger partial charge < -0.3 is 0 Å².